The number of pyridine rings is 1. The van der Waals surface area contributed by atoms with Gasteiger partial charge in [0.05, 0.1) is 6.20 Å². The molecule has 0 amide bonds. The van der Waals surface area contributed by atoms with Crippen molar-refractivity contribution >= 4 is 0 Å². The molecule has 3 rings (SSSR count). The molecule has 0 saturated heterocycles. The van der Waals surface area contributed by atoms with Crippen LogP contribution in [0.3, 0.4) is 0 Å². The summed E-state index contributed by atoms with van der Waals surface area (Å²) in [6, 6.07) is 3.85. The lowest BCUT2D eigenvalue weighted by atomic mass is 10.1. The Bertz CT molecular complexity index is 564. The molecule has 0 aliphatic rings. The fraction of sp³-hybridized carbons (Fsp3) is 0. The van der Waals surface area contributed by atoms with Gasteiger partial charge in [-0.2, -0.15) is 0 Å². The van der Waals surface area contributed by atoms with Crippen molar-refractivity contribution in [3.05, 3.63) is 55.5 Å². The Morgan fingerprint density at radius 2 is 1.50 bits per heavy atom. The maximum atomic E-state index is 4.28. The molecule has 3 heterocycles. The SMILES string of the molecule is c1cncc(-c2cnc(-c3cnccn3)nc2)c1. The molecule has 0 aromatic carbocycles. The second-order valence-corrected chi connectivity index (χ2v) is 3.63. The van der Waals surface area contributed by atoms with Gasteiger partial charge in [0, 0.05) is 48.3 Å². The summed E-state index contributed by atoms with van der Waals surface area (Å²) in [6.07, 6.45) is 11.9. The van der Waals surface area contributed by atoms with Gasteiger partial charge in [-0.25, -0.2) is 15.0 Å². The van der Waals surface area contributed by atoms with Crippen molar-refractivity contribution in [1.82, 2.24) is 24.9 Å². The lowest BCUT2D eigenvalue weighted by Gasteiger charge is -2.01. The van der Waals surface area contributed by atoms with Gasteiger partial charge in [0.1, 0.15) is 5.69 Å². The largest absolute Gasteiger partial charge is 0.264 e. The van der Waals surface area contributed by atoms with Crippen LogP contribution in [0.1, 0.15) is 0 Å². The van der Waals surface area contributed by atoms with Gasteiger partial charge in [-0.1, -0.05) is 6.07 Å². The van der Waals surface area contributed by atoms with Crippen LogP contribution in [-0.4, -0.2) is 24.9 Å². The van der Waals surface area contributed by atoms with Gasteiger partial charge < -0.3 is 0 Å². The molecule has 0 bridgehead atoms. The highest BCUT2D eigenvalue weighted by molar-refractivity contribution is 5.61. The summed E-state index contributed by atoms with van der Waals surface area (Å²) in [4.78, 5) is 20.8. The molecular formula is C13H9N5. The first-order valence-electron chi connectivity index (χ1n) is 5.42. The van der Waals surface area contributed by atoms with E-state index in [9.17, 15) is 0 Å². The normalized spacial score (nSPS) is 10.2. The average molecular weight is 235 g/mol. The summed E-state index contributed by atoms with van der Waals surface area (Å²) in [6.45, 7) is 0. The van der Waals surface area contributed by atoms with Crippen molar-refractivity contribution in [2.24, 2.45) is 0 Å². The van der Waals surface area contributed by atoms with E-state index in [4.69, 9.17) is 0 Å². The van der Waals surface area contributed by atoms with E-state index in [0.29, 0.717) is 11.5 Å². The van der Waals surface area contributed by atoms with E-state index in [1.54, 1.807) is 43.4 Å². The number of aromatic nitrogens is 5. The third-order valence-corrected chi connectivity index (χ3v) is 2.44. The van der Waals surface area contributed by atoms with Crippen molar-refractivity contribution in [1.29, 1.82) is 0 Å². The predicted octanol–water partition coefficient (Wildman–Crippen LogP) is 2.00. The Morgan fingerprint density at radius 1 is 0.667 bits per heavy atom. The fourth-order valence-corrected chi connectivity index (χ4v) is 1.56. The summed E-state index contributed by atoms with van der Waals surface area (Å²) < 4.78 is 0. The molecule has 0 N–H and O–H groups in total. The third-order valence-electron chi connectivity index (χ3n) is 2.44. The highest BCUT2D eigenvalue weighted by atomic mass is 14.9. The van der Waals surface area contributed by atoms with E-state index < -0.39 is 0 Å². The van der Waals surface area contributed by atoms with Crippen molar-refractivity contribution in [3.63, 3.8) is 0 Å². The van der Waals surface area contributed by atoms with Gasteiger partial charge in [-0.15, -0.1) is 0 Å². The van der Waals surface area contributed by atoms with Crippen LogP contribution >= 0.6 is 0 Å². The molecule has 0 radical (unpaired) electrons. The first kappa shape index (κ1) is 10.5. The number of hydrogen-bond acceptors (Lipinski definition) is 5. The predicted molar refractivity (Wildman–Crippen MR) is 66.3 cm³/mol. The van der Waals surface area contributed by atoms with E-state index >= 15 is 0 Å². The topological polar surface area (TPSA) is 64.5 Å². The molecule has 5 heteroatoms. The highest BCUT2D eigenvalue weighted by Crippen LogP contribution is 2.17. The second-order valence-electron chi connectivity index (χ2n) is 3.63. The third kappa shape index (κ3) is 2.06. The lowest BCUT2D eigenvalue weighted by molar-refractivity contribution is 1.11. The molecular weight excluding hydrogens is 226 g/mol. The summed E-state index contributed by atoms with van der Waals surface area (Å²) in [7, 11) is 0. The van der Waals surface area contributed by atoms with Crippen LogP contribution in [0, 0.1) is 0 Å². The van der Waals surface area contributed by atoms with Gasteiger partial charge in [-0.05, 0) is 6.07 Å². The van der Waals surface area contributed by atoms with Crippen LogP contribution in [0.25, 0.3) is 22.6 Å². The highest BCUT2D eigenvalue weighted by Gasteiger charge is 2.03. The number of hydrogen-bond donors (Lipinski definition) is 0. The first-order chi connectivity index (χ1) is 8.93. The lowest BCUT2D eigenvalue weighted by Crippen LogP contribution is -1.92. The molecule has 0 spiro atoms. The molecule has 3 aromatic rings. The van der Waals surface area contributed by atoms with E-state index in [-0.39, 0.29) is 0 Å². The van der Waals surface area contributed by atoms with E-state index in [0.717, 1.165) is 11.1 Å². The van der Waals surface area contributed by atoms with Gasteiger partial charge in [0.15, 0.2) is 5.82 Å². The van der Waals surface area contributed by atoms with E-state index in [2.05, 4.69) is 24.9 Å². The maximum Gasteiger partial charge on any atom is 0.179 e. The zero-order chi connectivity index (χ0) is 12.2. The van der Waals surface area contributed by atoms with E-state index in [1.807, 2.05) is 12.1 Å². The molecule has 0 unspecified atom stereocenters. The van der Waals surface area contributed by atoms with Gasteiger partial charge >= 0.3 is 0 Å². The minimum atomic E-state index is 0.566. The standard InChI is InChI=1S/C13H9N5/c1-2-10(6-14-3-1)11-7-17-13(18-8-11)12-9-15-4-5-16-12/h1-9H. The molecule has 0 fully saturated rings. The summed E-state index contributed by atoms with van der Waals surface area (Å²) in [5.41, 5.74) is 2.58. The van der Waals surface area contributed by atoms with Crippen molar-refractivity contribution in [2.45, 2.75) is 0 Å². The van der Waals surface area contributed by atoms with Crippen molar-refractivity contribution in [3.8, 4) is 22.6 Å². The van der Waals surface area contributed by atoms with Crippen LogP contribution in [0.15, 0.2) is 55.5 Å². The molecule has 0 aliphatic carbocycles. The van der Waals surface area contributed by atoms with Crippen LogP contribution in [0.2, 0.25) is 0 Å². The van der Waals surface area contributed by atoms with Gasteiger partial charge in [0.25, 0.3) is 0 Å². The zero-order valence-electron chi connectivity index (χ0n) is 9.43. The monoisotopic (exact) mass is 235 g/mol. The second kappa shape index (κ2) is 4.67. The minimum Gasteiger partial charge on any atom is -0.264 e. The molecule has 0 atom stereocenters. The van der Waals surface area contributed by atoms with Gasteiger partial charge in [0.2, 0.25) is 0 Å². The number of nitrogens with zero attached hydrogens (tertiary/aromatic N) is 5. The molecule has 3 aromatic heterocycles. The molecule has 0 saturated carbocycles. The van der Waals surface area contributed by atoms with Crippen LogP contribution in [-0.2, 0) is 0 Å². The smallest absolute Gasteiger partial charge is 0.179 e. The molecule has 0 aliphatic heterocycles. The van der Waals surface area contributed by atoms with Crippen LogP contribution in [0.5, 0.6) is 0 Å². The minimum absolute atomic E-state index is 0.566. The summed E-state index contributed by atoms with van der Waals surface area (Å²) >= 11 is 0. The van der Waals surface area contributed by atoms with Crippen molar-refractivity contribution in [2.75, 3.05) is 0 Å². The Hall–Kier alpha value is -2.69. The fourth-order valence-electron chi connectivity index (χ4n) is 1.56. The molecule has 86 valence electrons. The van der Waals surface area contributed by atoms with Gasteiger partial charge in [-0.3, -0.25) is 9.97 Å². The summed E-state index contributed by atoms with van der Waals surface area (Å²) in [5.74, 6) is 0.566. The molecule has 18 heavy (non-hydrogen) atoms. The van der Waals surface area contributed by atoms with Crippen LogP contribution in [0.4, 0.5) is 0 Å². The Balaban J connectivity index is 1.95. The maximum absolute atomic E-state index is 4.28. The Kier molecular flexibility index (Phi) is 2.71. The Morgan fingerprint density at radius 3 is 2.17 bits per heavy atom. The number of rotatable bonds is 2. The average Bonchev–Trinajstić information content (AvgIpc) is 2.49. The Labute approximate surface area is 104 Å². The van der Waals surface area contributed by atoms with E-state index in [1.165, 1.54) is 0 Å². The summed E-state index contributed by atoms with van der Waals surface area (Å²) in [5, 5.41) is 0. The quantitative estimate of drug-likeness (QED) is 0.679. The van der Waals surface area contributed by atoms with Crippen LogP contribution < -0.4 is 0 Å². The first-order valence-corrected chi connectivity index (χ1v) is 5.42. The zero-order valence-corrected chi connectivity index (χ0v) is 9.43. The molecule has 5 nitrogen and oxygen atoms in total. The van der Waals surface area contributed by atoms with Crippen molar-refractivity contribution < 1.29 is 0 Å².